The highest BCUT2D eigenvalue weighted by atomic mass is 32.2. The van der Waals surface area contributed by atoms with Gasteiger partial charge >= 0.3 is 0 Å². The summed E-state index contributed by atoms with van der Waals surface area (Å²) >= 11 is 0. The van der Waals surface area contributed by atoms with Crippen LogP contribution in [0.4, 0.5) is 5.82 Å². The number of hydrogen-bond donors (Lipinski definition) is 2. The average molecular weight is 203 g/mol. The SMILES string of the molecule is CC(C)c1[nH]nc(N)c1S(C)(=O)=O. The van der Waals surface area contributed by atoms with E-state index in [2.05, 4.69) is 10.2 Å². The van der Waals surface area contributed by atoms with Crippen LogP contribution in [-0.2, 0) is 9.84 Å². The van der Waals surface area contributed by atoms with Gasteiger partial charge in [-0.05, 0) is 5.92 Å². The minimum Gasteiger partial charge on any atom is -0.381 e. The fourth-order valence-electron chi connectivity index (χ4n) is 1.14. The summed E-state index contributed by atoms with van der Waals surface area (Å²) in [6.07, 6.45) is 1.13. The van der Waals surface area contributed by atoms with Gasteiger partial charge in [-0.15, -0.1) is 0 Å². The van der Waals surface area contributed by atoms with E-state index in [1.54, 1.807) is 0 Å². The Labute approximate surface area is 77.3 Å². The van der Waals surface area contributed by atoms with Gasteiger partial charge in [-0.2, -0.15) is 5.10 Å². The number of nitrogens with two attached hydrogens (primary N) is 1. The number of hydrogen-bond acceptors (Lipinski definition) is 4. The Morgan fingerprint density at radius 3 is 2.31 bits per heavy atom. The standard InChI is InChI=1S/C7H13N3O2S/c1-4(2)5-6(13(3,11)12)7(8)10-9-5/h4H,1-3H3,(H3,8,9,10). The van der Waals surface area contributed by atoms with Crippen molar-refractivity contribution in [2.75, 3.05) is 12.0 Å². The molecular weight excluding hydrogens is 190 g/mol. The molecule has 1 aromatic rings. The molecule has 0 aliphatic rings. The fourth-order valence-corrected chi connectivity index (χ4v) is 2.25. The minimum absolute atomic E-state index is 0.0474. The Bertz CT molecular complexity index is 405. The topological polar surface area (TPSA) is 88.8 Å². The maximum Gasteiger partial charge on any atom is 0.181 e. The molecule has 1 heterocycles. The molecule has 0 fully saturated rings. The summed E-state index contributed by atoms with van der Waals surface area (Å²) in [5.41, 5.74) is 6.01. The molecule has 3 N–H and O–H groups in total. The number of anilines is 1. The molecule has 0 bridgehead atoms. The molecule has 74 valence electrons. The van der Waals surface area contributed by atoms with Crippen LogP contribution in [0.15, 0.2) is 4.90 Å². The van der Waals surface area contributed by atoms with Crippen molar-refractivity contribution in [2.45, 2.75) is 24.7 Å². The molecule has 0 aliphatic heterocycles. The first-order chi connectivity index (χ1) is 5.84. The van der Waals surface area contributed by atoms with E-state index in [0.29, 0.717) is 5.69 Å². The van der Waals surface area contributed by atoms with Gasteiger partial charge in [0.1, 0.15) is 4.90 Å². The number of H-pyrrole nitrogens is 1. The molecule has 5 nitrogen and oxygen atoms in total. The molecule has 0 saturated heterocycles. The summed E-state index contributed by atoms with van der Waals surface area (Å²) in [6, 6.07) is 0. The summed E-state index contributed by atoms with van der Waals surface area (Å²) in [5.74, 6) is 0.112. The quantitative estimate of drug-likeness (QED) is 0.733. The molecule has 0 saturated carbocycles. The van der Waals surface area contributed by atoms with Crippen LogP contribution in [0.2, 0.25) is 0 Å². The van der Waals surface area contributed by atoms with Crippen LogP contribution in [0.1, 0.15) is 25.5 Å². The van der Waals surface area contributed by atoms with Gasteiger partial charge in [-0.25, -0.2) is 8.42 Å². The van der Waals surface area contributed by atoms with Crippen molar-refractivity contribution >= 4 is 15.7 Å². The third kappa shape index (κ3) is 1.82. The van der Waals surface area contributed by atoms with Crippen LogP contribution in [-0.4, -0.2) is 24.9 Å². The van der Waals surface area contributed by atoms with E-state index in [-0.39, 0.29) is 16.6 Å². The smallest absolute Gasteiger partial charge is 0.181 e. The molecule has 0 spiro atoms. The summed E-state index contributed by atoms with van der Waals surface area (Å²) in [7, 11) is -3.28. The van der Waals surface area contributed by atoms with Gasteiger partial charge in [0, 0.05) is 6.26 Å². The van der Waals surface area contributed by atoms with Crippen LogP contribution in [0.25, 0.3) is 0 Å². The molecular formula is C7H13N3O2S. The molecule has 1 rings (SSSR count). The average Bonchev–Trinajstić information content (AvgIpc) is 2.28. The predicted molar refractivity (Wildman–Crippen MR) is 50.2 cm³/mol. The molecule has 0 aromatic carbocycles. The summed E-state index contributed by atoms with van der Waals surface area (Å²) in [4.78, 5) is 0.127. The number of nitrogens with zero attached hydrogens (tertiary/aromatic N) is 1. The lowest BCUT2D eigenvalue weighted by Gasteiger charge is -2.03. The number of rotatable bonds is 2. The number of aromatic nitrogens is 2. The minimum atomic E-state index is -3.28. The van der Waals surface area contributed by atoms with E-state index < -0.39 is 9.84 Å². The van der Waals surface area contributed by atoms with Gasteiger partial charge in [-0.3, -0.25) is 5.10 Å². The Hall–Kier alpha value is -1.04. The number of aromatic amines is 1. The molecule has 6 heteroatoms. The third-order valence-corrected chi connectivity index (χ3v) is 2.89. The molecule has 0 aliphatic carbocycles. The zero-order chi connectivity index (χ0) is 10.2. The van der Waals surface area contributed by atoms with Crippen molar-refractivity contribution in [3.63, 3.8) is 0 Å². The van der Waals surface area contributed by atoms with Gasteiger partial charge in [0.05, 0.1) is 5.69 Å². The maximum atomic E-state index is 11.3. The second-order valence-corrected chi connectivity index (χ2v) is 5.23. The van der Waals surface area contributed by atoms with Gasteiger partial charge in [0.25, 0.3) is 0 Å². The summed E-state index contributed by atoms with van der Waals surface area (Å²) < 4.78 is 22.6. The Balaban J connectivity index is 3.42. The van der Waals surface area contributed by atoms with Crippen LogP contribution >= 0.6 is 0 Å². The van der Waals surface area contributed by atoms with Gasteiger partial charge in [0.15, 0.2) is 15.7 Å². The largest absolute Gasteiger partial charge is 0.381 e. The van der Waals surface area contributed by atoms with E-state index in [0.717, 1.165) is 6.26 Å². The Morgan fingerprint density at radius 2 is 2.00 bits per heavy atom. The van der Waals surface area contributed by atoms with Crippen molar-refractivity contribution in [1.82, 2.24) is 10.2 Å². The van der Waals surface area contributed by atoms with E-state index in [1.165, 1.54) is 0 Å². The zero-order valence-electron chi connectivity index (χ0n) is 7.83. The lowest BCUT2D eigenvalue weighted by atomic mass is 10.1. The molecule has 0 unspecified atom stereocenters. The van der Waals surface area contributed by atoms with E-state index in [4.69, 9.17) is 5.73 Å². The van der Waals surface area contributed by atoms with E-state index >= 15 is 0 Å². The Morgan fingerprint density at radius 1 is 1.46 bits per heavy atom. The molecule has 0 amide bonds. The van der Waals surface area contributed by atoms with Crippen molar-refractivity contribution < 1.29 is 8.42 Å². The highest BCUT2D eigenvalue weighted by molar-refractivity contribution is 7.91. The van der Waals surface area contributed by atoms with Gasteiger partial charge in [0.2, 0.25) is 0 Å². The highest BCUT2D eigenvalue weighted by Gasteiger charge is 2.21. The van der Waals surface area contributed by atoms with Gasteiger partial charge in [-0.1, -0.05) is 13.8 Å². The van der Waals surface area contributed by atoms with Crippen molar-refractivity contribution in [2.24, 2.45) is 0 Å². The van der Waals surface area contributed by atoms with Gasteiger partial charge < -0.3 is 5.73 Å². The second kappa shape index (κ2) is 3.02. The fraction of sp³-hybridized carbons (Fsp3) is 0.571. The Kier molecular flexibility index (Phi) is 2.34. The van der Waals surface area contributed by atoms with Crippen LogP contribution < -0.4 is 5.73 Å². The summed E-state index contributed by atoms with van der Waals surface area (Å²) in [6.45, 7) is 3.75. The van der Waals surface area contributed by atoms with E-state index in [9.17, 15) is 8.42 Å². The lowest BCUT2D eigenvalue weighted by molar-refractivity contribution is 0.600. The highest BCUT2D eigenvalue weighted by Crippen LogP contribution is 2.25. The normalized spacial score (nSPS) is 12.3. The first kappa shape index (κ1) is 10.0. The second-order valence-electron chi connectivity index (χ2n) is 3.28. The maximum absolute atomic E-state index is 11.3. The van der Waals surface area contributed by atoms with Crippen molar-refractivity contribution in [1.29, 1.82) is 0 Å². The number of nitrogens with one attached hydrogen (secondary N) is 1. The van der Waals surface area contributed by atoms with Crippen LogP contribution in [0, 0.1) is 0 Å². The molecule has 0 atom stereocenters. The first-order valence-electron chi connectivity index (χ1n) is 3.87. The lowest BCUT2D eigenvalue weighted by Crippen LogP contribution is -2.04. The number of sulfone groups is 1. The first-order valence-corrected chi connectivity index (χ1v) is 5.77. The summed E-state index contributed by atoms with van der Waals surface area (Å²) in [5, 5.41) is 6.30. The van der Waals surface area contributed by atoms with E-state index in [1.807, 2.05) is 13.8 Å². The van der Waals surface area contributed by atoms with Crippen LogP contribution in [0.5, 0.6) is 0 Å². The van der Waals surface area contributed by atoms with Crippen LogP contribution in [0.3, 0.4) is 0 Å². The molecule has 13 heavy (non-hydrogen) atoms. The zero-order valence-corrected chi connectivity index (χ0v) is 8.64. The van der Waals surface area contributed by atoms with Crippen molar-refractivity contribution in [3.8, 4) is 0 Å². The monoisotopic (exact) mass is 203 g/mol. The molecule has 0 radical (unpaired) electrons. The van der Waals surface area contributed by atoms with Crippen molar-refractivity contribution in [3.05, 3.63) is 5.69 Å². The third-order valence-electron chi connectivity index (χ3n) is 1.72. The number of nitrogen functional groups attached to an aromatic ring is 1. The molecule has 1 aromatic heterocycles. The predicted octanol–water partition coefficient (Wildman–Crippen LogP) is 0.519.